The first-order valence-electron chi connectivity index (χ1n) is 9.58. The smallest absolute Gasteiger partial charge is 0.276 e. The van der Waals surface area contributed by atoms with Crippen LogP contribution in [0.2, 0.25) is 0 Å². The first-order chi connectivity index (χ1) is 14.8. The van der Waals surface area contributed by atoms with E-state index in [1.165, 1.54) is 39.5 Å². The van der Waals surface area contributed by atoms with Crippen molar-refractivity contribution in [2.45, 2.75) is 11.8 Å². The molecule has 0 saturated carbocycles. The van der Waals surface area contributed by atoms with Gasteiger partial charge in [0, 0.05) is 32.2 Å². The lowest BCUT2D eigenvalue weighted by atomic mass is 10.1. The lowest BCUT2D eigenvalue weighted by Crippen LogP contribution is -2.50. The van der Waals surface area contributed by atoms with E-state index in [-0.39, 0.29) is 53.8 Å². The van der Waals surface area contributed by atoms with Crippen LogP contribution < -0.4 is 0 Å². The molecule has 1 aromatic heterocycles. The van der Waals surface area contributed by atoms with E-state index in [0.29, 0.717) is 5.56 Å². The average molecular weight is 445 g/mol. The fourth-order valence-corrected chi connectivity index (χ4v) is 5.01. The molecule has 4 rings (SSSR count). The van der Waals surface area contributed by atoms with Gasteiger partial charge in [0.15, 0.2) is 11.5 Å². The maximum atomic E-state index is 13.9. The highest BCUT2D eigenvalue weighted by Gasteiger charge is 2.33. The lowest BCUT2D eigenvalue weighted by molar-refractivity contribution is 0.0687. The number of piperazine rings is 1. The Morgan fingerprint density at radius 3 is 2.52 bits per heavy atom. The molecule has 1 N–H and O–H groups in total. The number of nitrogens with zero attached hydrogens (tertiary/aromatic N) is 3. The lowest BCUT2D eigenvalue weighted by Gasteiger charge is -2.33. The van der Waals surface area contributed by atoms with Crippen LogP contribution >= 0.6 is 0 Å². The van der Waals surface area contributed by atoms with E-state index in [2.05, 4.69) is 5.16 Å². The Kier molecular flexibility index (Phi) is 5.50. The Morgan fingerprint density at radius 1 is 1.10 bits per heavy atom. The Labute approximate surface area is 178 Å². The average Bonchev–Trinajstić information content (AvgIpc) is 3.25. The predicted molar refractivity (Wildman–Crippen MR) is 109 cm³/mol. The zero-order chi connectivity index (χ0) is 22.2. The third-order valence-electron chi connectivity index (χ3n) is 5.13. The SMILES string of the molecule is Cc1ccc(O)c(S(=O)(=O)N2CCN(C(=O)c3cc(-c4ccccc4F)on3)CC2)c1. The standard InChI is InChI=1S/C21H20FN3O5S/c1-14-6-7-18(26)20(12-14)31(28,29)25-10-8-24(9-11-25)21(27)17-13-19(30-23-17)15-4-2-3-5-16(15)22/h2-7,12-13,26H,8-11H2,1H3. The molecule has 0 aliphatic carbocycles. The Morgan fingerprint density at radius 2 is 1.81 bits per heavy atom. The number of phenols is 1. The van der Waals surface area contributed by atoms with E-state index >= 15 is 0 Å². The number of sulfonamides is 1. The van der Waals surface area contributed by atoms with E-state index in [1.54, 1.807) is 25.1 Å². The maximum Gasteiger partial charge on any atom is 0.276 e. The molecule has 1 fully saturated rings. The molecular formula is C21H20FN3O5S. The summed E-state index contributed by atoms with van der Waals surface area (Å²) in [5.74, 6) is -1.09. The number of halogens is 1. The van der Waals surface area contributed by atoms with Crippen LogP contribution in [0.25, 0.3) is 11.3 Å². The van der Waals surface area contributed by atoms with E-state index in [0.717, 1.165) is 0 Å². The van der Waals surface area contributed by atoms with Crippen molar-refractivity contribution >= 4 is 15.9 Å². The maximum absolute atomic E-state index is 13.9. The summed E-state index contributed by atoms with van der Waals surface area (Å²) in [6.07, 6.45) is 0. The van der Waals surface area contributed by atoms with Crippen LogP contribution in [0, 0.1) is 12.7 Å². The number of phenolic OH excluding ortho intramolecular Hbond substituents is 1. The van der Waals surface area contributed by atoms with E-state index in [4.69, 9.17) is 4.52 Å². The molecule has 0 atom stereocenters. The summed E-state index contributed by atoms with van der Waals surface area (Å²) < 4.78 is 46.1. The van der Waals surface area contributed by atoms with E-state index < -0.39 is 21.7 Å². The molecule has 1 aliphatic rings. The van der Waals surface area contributed by atoms with Crippen molar-refractivity contribution in [3.05, 3.63) is 65.6 Å². The van der Waals surface area contributed by atoms with E-state index in [9.17, 15) is 22.7 Å². The predicted octanol–water partition coefficient (Wildman–Crippen LogP) is 2.64. The molecule has 0 bridgehead atoms. The van der Waals surface area contributed by atoms with Gasteiger partial charge in [0.1, 0.15) is 16.5 Å². The van der Waals surface area contributed by atoms with Gasteiger partial charge in [-0.15, -0.1) is 0 Å². The van der Waals surface area contributed by atoms with Crippen molar-refractivity contribution in [2.24, 2.45) is 0 Å². The normalized spacial score (nSPS) is 15.2. The molecule has 3 aromatic rings. The molecule has 0 radical (unpaired) electrons. The summed E-state index contributed by atoms with van der Waals surface area (Å²) in [4.78, 5) is 14.1. The van der Waals surface area contributed by atoms with Gasteiger partial charge in [0.2, 0.25) is 10.0 Å². The van der Waals surface area contributed by atoms with Crippen molar-refractivity contribution in [1.82, 2.24) is 14.4 Å². The molecule has 1 aliphatic heterocycles. The number of rotatable bonds is 4. The summed E-state index contributed by atoms with van der Waals surface area (Å²) in [5, 5.41) is 13.7. The molecule has 2 heterocycles. The highest BCUT2D eigenvalue weighted by molar-refractivity contribution is 7.89. The number of benzene rings is 2. The summed E-state index contributed by atoms with van der Waals surface area (Å²) in [6.45, 7) is 2.17. The van der Waals surface area contributed by atoms with Gasteiger partial charge in [-0.3, -0.25) is 4.79 Å². The second-order valence-corrected chi connectivity index (χ2v) is 9.13. The van der Waals surface area contributed by atoms with Crippen molar-refractivity contribution in [3.8, 4) is 17.1 Å². The Hall–Kier alpha value is -3.24. The molecule has 2 aromatic carbocycles. The summed E-state index contributed by atoms with van der Waals surface area (Å²) >= 11 is 0. The minimum atomic E-state index is -3.90. The topological polar surface area (TPSA) is 104 Å². The Balaban J connectivity index is 1.46. The Bertz CT molecular complexity index is 1230. The monoisotopic (exact) mass is 445 g/mol. The molecule has 0 unspecified atom stereocenters. The van der Waals surface area contributed by atoms with Gasteiger partial charge in [-0.05, 0) is 36.8 Å². The third-order valence-corrected chi connectivity index (χ3v) is 7.06. The van der Waals surface area contributed by atoms with Crippen molar-refractivity contribution in [1.29, 1.82) is 0 Å². The summed E-state index contributed by atoms with van der Waals surface area (Å²) in [6, 6.07) is 11.8. The van der Waals surface area contributed by atoms with E-state index in [1.807, 2.05) is 0 Å². The molecular weight excluding hydrogens is 425 g/mol. The van der Waals surface area contributed by atoms with Crippen molar-refractivity contribution in [3.63, 3.8) is 0 Å². The molecule has 10 heteroatoms. The second-order valence-electron chi connectivity index (χ2n) is 7.22. The third kappa shape index (κ3) is 4.04. The number of hydrogen-bond acceptors (Lipinski definition) is 6. The number of hydrogen-bond donors (Lipinski definition) is 1. The molecule has 162 valence electrons. The van der Waals surface area contributed by atoms with Crippen LogP contribution in [-0.2, 0) is 10.0 Å². The second kappa shape index (κ2) is 8.12. The summed E-state index contributed by atoms with van der Waals surface area (Å²) in [5.41, 5.74) is 0.927. The fourth-order valence-electron chi connectivity index (χ4n) is 3.42. The van der Waals surface area contributed by atoms with Gasteiger partial charge in [0.05, 0.1) is 5.56 Å². The number of carbonyl (C=O) groups is 1. The molecule has 1 saturated heterocycles. The molecule has 0 spiro atoms. The van der Waals surface area contributed by atoms with Gasteiger partial charge in [0.25, 0.3) is 5.91 Å². The molecule has 1 amide bonds. The van der Waals surface area contributed by atoms with Gasteiger partial charge >= 0.3 is 0 Å². The number of aromatic nitrogens is 1. The van der Waals surface area contributed by atoms with Gasteiger partial charge in [-0.2, -0.15) is 4.31 Å². The van der Waals surface area contributed by atoms with Crippen LogP contribution in [0.4, 0.5) is 4.39 Å². The molecule has 8 nitrogen and oxygen atoms in total. The summed E-state index contributed by atoms with van der Waals surface area (Å²) in [7, 11) is -3.90. The van der Waals surface area contributed by atoms with Crippen LogP contribution in [0.5, 0.6) is 5.75 Å². The van der Waals surface area contributed by atoms with Crippen LogP contribution in [-0.4, -0.2) is 60.0 Å². The van der Waals surface area contributed by atoms with Crippen molar-refractivity contribution < 1.29 is 27.2 Å². The zero-order valence-corrected chi connectivity index (χ0v) is 17.5. The number of aromatic hydroxyl groups is 1. The minimum absolute atomic E-state index is 0.0193. The van der Waals surface area contributed by atoms with Gasteiger partial charge < -0.3 is 14.5 Å². The van der Waals surface area contributed by atoms with Crippen LogP contribution in [0.15, 0.2) is 57.9 Å². The van der Waals surface area contributed by atoms with Crippen LogP contribution in [0.3, 0.4) is 0 Å². The van der Waals surface area contributed by atoms with Gasteiger partial charge in [-0.1, -0.05) is 23.4 Å². The quantitative estimate of drug-likeness (QED) is 0.662. The number of aryl methyl sites for hydroxylation is 1. The largest absolute Gasteiger partial charge is 0.507 e. The highest BCUT2D eigenvalue weighted by Crippen LogP contribution is 2.28. The first kappa shape index (κ1) is 21.0. The molecule has 31 heavy (non-hydrogen) atoms. The van der Waals surface area contributed by atoms with Crippen molar-refractivity contribution in [2.75, 3.05) is 26.2 Å². The fraction of sp³-hybridized carbons (Fsp3) is 0.238. The number of amides is 1. The zero-order valence-electron chi connectivity index (χ0n) is 16.7. The van der Waals surface area contributed by atoms with Crippen LogP contribution in [0.1, 0.15) is 16.1 Å². The number of carbonyl (C=O) groups excluding carboxylic acids is 1. The van der Waals surface area contributed by atoms with Gasteiger partial charge in [-0.25, -0.2) is 12.8 Å². The first-order valence-corrected chi connectivity index (χ1v) is 11.0. The highest BCUT2D eigenvalue weighted by atomic mass is 32.2. The minimum Gasteiger partial charge on any atom is -0.507 e.